The summed E-state index contributed by atoms with van der Waals surface area (Å²) in [4.78, 5) is 26.5. The molecule has 1 saturated heterocycles. The van der Waals surface area contributed by atoms with Gasteiger partial charge in [-0.3, -0.25) is 4.79 Å². The zero-order valence-electron chi connectivity index (χ0n) is 16.3. The standard InChI is InChI=1S/C21H27N3O3S/c1-15(12-16-4-3-5-19(13-16)27-2)22-21(26)24-9-6-18(7-10-24)23-20(25)17-8-11-28-14-17/h3-5,8,11,13-15,18H,6-7,9-10,12H2,1-2H3,(H,22,26)(H,23,25). The third-order valence-electron chi connectivity index (χ3n) is 4.95. The Hall–Kier alpha value is -2.54. The van der Waals surface area contributed by atoms with Gasteiger partial charge in [-0.1, -0.05) is 12.1 Å². The topological polar surface area (TPSA) is 70.7 Å². The third kappa shape index (κ3) is 5.48. The van der Waals surface area contributed by atoms with Gasteiger partial charge in [0.25, 0.3) is 5.91 Å². The average molecular weight is 402 g/mol. The third-order valence-corrected chi connectivity index (χ3v) is 5.63. The van der Waals surface area contributed by atoms with Crippen LogP contribution in [0.4, 0.5) is 4.79 Å². The molecule has 1 fully saturated rings. The highest BCUT2D eigenvalue weighted by atomic mass is 32.1. The Labute approximate surface area is 169 Å². The van der Waals surface area contributed by atoms with Crippen LogP contribution < -0.4 is 15.4 Å². The molecular weight excluding hydrogens is 374 g/mol. The molecule has 1 aliphatic rings. The number of rotatable bonds is 6. The van der Waals surface area contributed by atoms with Crippen molar-refractivity contribution in [1.29, 1.82) is 0 Å². The van der Waals surface area contributed by atoms with E-state index in [2.05, 4.69) is 10.6 Å². The van der Waals surface area contributed by atoms with Crippen molar-refractivity contribution in [3.05, 3.63) is 52.2 Å². The summed E-state index contributed by atoms with van der Waals surface area (Å²) < 4.78 is 5.25. The monoisotopic (exact) mass is 401 g/mol. The highest BCUT2D eigenvalue weighted by molar-refractivity contribution is 7.08. The molecule has 0 radical (unpaired) electrons. The summed E-state index contributed by atoms with van der Waals surface area (Å²) >= 11 is 1.51. The van der Waals surface area contributed by atoms with Crippen LogP contribution in [0.3, 0.4) is 0 Å². The number of thiophene rings is 1. The maximum absolute atomic E-state index is 12.5. The van der Waals surface area contributed by atoms with Crippen LogP contribution in [0.5, 0.6) is 5.75 Å². The lowest BCUT2D eigenvalue weighted by Gasteiger charge is -2.33. The fourth-order valence-corrected chi connectivity index (χ4v) is 4.03. The molecule has 3 amide bonds. The number of amides is 3. The SMILES string of the molecule is COc1cccc(CC(C)NC(=O)N2CCC(NC(=O)c3ccsc3)CC2)c1. The second-order valence-corrected chi connectivity index (χ2v) is 7.93. The van der Waals surface area contributed by atoms with Crippen molar-refractivity contribution in [1.82, 2.24) is 15.5 Å². The maximum atomic E-state index is 12.5. The Bertz CT molecular complexity index is 786. The molecule has 0 aliphatic carbocycles. The predicted molar refractivity (Wildman–Crippen MR) is 111 cm³/mol. The van der Waals surface area contributed by atoms with Gasteiger partial charge in [-0.2, -0.15) is 11.3 Å². The van der Waals surface area contributed by atoms with Gasteiger partial charge in [-0.05, 0) is 55.3 Å². The van der Waals surface area contributed by atoms with E-state index in [0.29, 0.717) is 18.7 Å². The van der Waals surface area contributed by atoms with Gasteiger partial charge in [-0.25, -0.2) is 4.79 Å². The lowest BCUT2D eigenvalue weighted by molar-refractivity contribution is 0.0918. The fraction of sp³-hybridized carbons (Fsp3) is 0.429. The minimum atomic E-state index is -0.0435. The Balaban J connectivity index is 1.42. The van der Waals surface area contributed by atoms with E-state index >= 15 is 0 Å². The van der Waals surface area contributed by atoms with E-state index < -0.39 is 0 Å². The minimum Gasteiger partial charge on any atom is -0.497 e. The molecule has 6 nitrogen and oxygen atoms in total. The molecule has 1 atom stereocenters. The lowest BCUT2D eigenvalue weighted by atomic mass is 10.0. The van der Waals surface area contributed by atoms with E-state index in [1.807, 2.05) is 52.9 Å². The van der Waals surface area contributed by atoms with Crippen molar-refractivity contribution in [3.63, 3.8) is 0 Å². The van der Waals surface area contributed by atoms with Gasteiger partial charge in [0, 0.05) is 36.1 Å². The smallest absolute Gasteiger partial charge is 0.317 e. The maximum Gasteiger partial charge on any atom is 0.317 e. The Kier molecular flexibility index (Phi) is 6.92. The molecule has 0 saturated carbocycles. The summed E-state index contributed by atoms with van der Waals surface area (Å²) in [5.74, 6) is 0.790. The molecule has 150 valence electrons. The second-order valence-electron chi connectivity index (χ2n) is 7.15. The van der Waals surface area contributed by atoms with Gasteiger partial charge in [-0.15, -0.1) is 0 Å². The zero-order chi connectivity index (χ0) is 19.9. The molecule has 2 N–H and O–H groups in total. The largest absolute Gasteiger partial charge is 0.497 e. The Morgan fingerprint density at radius 3 is 2.75 bits per heavy atom. The first-order chi connectivity index (χ1) is 13.5. The number of hydrogen-bond donors (Lipinski definition) is 2. The molecule has 2 aromatic rings. The number of carbonyl (C=O) groups is 2. The van der Waals surface area contributed by atoms with Crippen molar-refractivity contribution in [2.24, 2.45) is 0 Å². The van der Waals surface area contributed by atoms with Crippen molar-refractivity contribution >= 4 is 23.3 Å². The summed E-state index contributed by atoms with van der Waals surface area (Å²) in [5.41, 5.74) is 1.83. The number of likely N-dealkylation sites (tertiary alicyclic amines) is 1. The summed E-state index contributed by atoms with van der Waals surface area (Å²) in [6, 6.07) is 9.81. The van der Waals surface area contributed by atoms with Crippen molar-refractivity contribution in [2.45, 2.75) is 38.3 Å². The number of ether oxygens (including phenoxy) is 1. The predicted octanol–water partition coefficient (Wildman–Crippen LogP) is 3.29. The molecule has 1 aromatic carbocycles. The fourth-order valence-electron chi connectivity index (χ4n) is 3.40. The number of nitrogens with one attached hydrogen (secondary N) is 2. The summed E-state index contributed by atoms with van der Waals surface area (Å²) in [6.07, 6.45) is 2.29. The molecule has 1 aliphatic heterocycles. The number of hydrogen-bond acceptors (Lipinski definition) is 4. The molecular formula is C21H27N3O3S. The van der Waals surface area contributed by atoms with Crippen LogP contribution in [-0.4, -0.2) is 49.1 Å². The van der Waals surface area contributed by atoms with E-state index in [-0.39, 0.29) is 24.0 Å². The number of benzene rings is 1. The zero-order valence-corrected chi connectivity index (χ0v) is 17.1. The average Bonchev–Trinajstić information content (AvgIpc) is 3.23. The molecule has 28 heavy (non-hydrogen) atoms. The molecule has 0 spiro atoms. The first-order valence-electron chi connectivity index (χ1n) is 9.56. The van der Waals surface area contributed by atoms with Gasteiger partial charge in [0.2, 0.25) is 0 Å². The van der Waals surface area contributed by atoms with Gasteiger partial charge >= 0.3 is 6.03 Å². The van der Waals surface area contributed by atoms with E-state index in [9.17, 15) is 9.59 Å². The normalized spacial score (nSPS) is 15.7. The molecule has 3 rings (SSSR count). The van der Waals surface area contributed by atoms with E-state index in [1.54, 1.807) is 7.11 Å². The van der Waals surface area contributed by atoms with Crippen LogP contribution in [0.15, 0.2) is 41.1 Å². The highest BCUT2D eigenvalue weighted by Crippen LogP contribution is 2.15. The highest BCUT2D eigenvalue weighted by Gasteiger charge is 2.25. The van der Waals surface area contributed by atoms with Crippen LogP contribution >= 0.6 is 11.3 Å². The van der Waals surface area contributed by atoms with Crippen molar-refractivity contribution < 1.29 is 14.3 Å². The minimum absolute atomic E-state index is 0.0237. The van der Waals surface area contributed by atoms with E-state index in [0.717, 1.165) is 30.6 Å². The molecule has 1 unspecified atom stereocenters. The van der Waals surface area contributed by atoms with Gasteiger partial charge in [0.15, 0.2) is 0 Å². The van der Waals surface area contributed by atoms with E-state index in [4.69, 9.17) is 4.74 Å². The quantitative estimate of drug-likeness (QED) is 0.780. The van der Waals surface area contributed by atoms with Gasteiger partial charge in [0.1, 0.15) is 5.75 Å². The summed E-state index contributed by atoms with van der Waals surface area (Å²) in [6.45, 7) is 3.30. The van der Waals surface area contributed by atoms with Crippen LogP contribution in [0.1, 0.15) is 35.7 Å². The van der Waals surface area contributed by atoms with Crippen LogP contribution in [0.25, 0.3) is 0 Å². The van der Waals surface area contributed by atoms with Crippen LogP contribution in [-0.2, 0) is 6.42 Å². The van der Waals surface area contributed by atoms with Crippen LogP contribution in [0, 0.1) is 0 Å². The van der Waals surface area contributed by atoms with Crippen molar-refractivity contribution in [3.8, 4) is 5.75 Å². The molecule has 0 bridgehead atoms. The first kappa shape index (κ1) is 20.2. The van der Waals surface area contributed by atoms with E-state index in [1.165, 1.54) is 11.3 Å². The Morgan fingerprint density at radius 1 is 1.29 bits per heavy atom. The van der Waals surface area contributed by atoms with Gasteiger partial charge in [0.05, 0.1) is 7.11 Å². The summed E-state index contributed by atoms with van der Waals surface area (Å²) in [7, 11) is 1.65. The lowest BCUT2D eigenvalue weighted by Crippen LogP contribution is -2.51. The number of piperidine rings is 1. The molecule has 7 heteroatoms. The number of urea groups is 1. The number of nitrogens with zero attached hydrogens (tertiary/aromatic N) is 1. The van der Waals surface area contributed by atoms with Crippen LogP contribution in [0.2, 0.25) is 0 Å². The summed E-state index contributed by atoms with van der Waals surface area (Å²) in [5, 5.41) is 9.88. The number of methoxy groups -OCH3 is 1. The molecule has 2 heterocycles. The molecule has 1 aromatic heterocycles. The second kappa shape index (κ2) is 9.59. The number of carbonyl (C=O) groups excluding carboxylic acids is 2. The van der Waals surface area contributed by atoms with Crippen molar-refractivity contribution in [2.75, 3.05) is 20.2 Å². The van der Waals surface area contributed by atoms with Gasteiger partial charge < -0.3 is 20.3 Å². The first-order valence-corrected chi connectivity index (χ1v) is 10.5. The Morgan fingerprint density at radius 2 is 2.07 bits per heavy atom.